The smallest absolute Gasteiger partial charge is 0.309 e. The average Bonchev–Trinajstić information content (AvgIpc) is 2.49. The van der Waals surface area contributed by atoms with Crippen molar-refractivity contribution in [2.75, 3.05) is 7.11 Å². The third-order valence-corrected chi connectivity index (χ3v) is 4.75. The summed E-state index contributed by atoms with van der Waals surface area (Å²) in [6.45, 7) is 2.16. The zero-order valence-corrected chi connectivity index (χ0v) is 12.7. The topological polar surface area (TPSA) is 66.8 Å². The van der Waals surface area contributed by atoms with E-state index in [1.807, 2.05) is 18.2 Å². The van der Waals surface area contributed by atoms with E-state index in [2.05, 4.69) is 6.92 Å². The fourth-order valence-electron chi connectivity index (χ4n) is 3.16. The number of ether oxygens (including phenoxy) is 1. The Kier molecular flexibility index (Phi) is 4.88. The van der Waals surface area contributed by atoms with Crippen LogP contribution in [0.3, 0.4) is 0 Å². The van der Waals surface area contributed by atoms with E-state index < -0.39 is 17.5 Å². The third kappa shape index (κ3) is 3.56. The summed E-state index contributed by atoms with van der Waals surface area (Å²) in [4.78, 5) is 11.7. The molecule has 0 aliphatic heterocycles. The van der Waals surface area contributed by atoms with Gasteiger partial charge in [-0.15, -0.1) is 0 Å². The molecule has 0 aromatic heterocycles. The molecule has 1 unspecified atom stereocenters. The first-order chi connectivity index (χ1) is 9.97. The fraction of sp³-hybridized carbons (Fsp3) is 0.588. The summed E-state index contributed by atoms with van der Waals surface area (Å²) in [7, 11) is 1.58. The monoisotopic (exact) mass is 292 g/mol. The molecule has 1 aromatic carbocycles. The van der Waals surface area contributed by atoms with Crippen molar-refractivity contribution in [2.24, 2.45) is 11.3 Å². The van der Waals surface area contributed by atoms with Gasteiger partial charge in [-0.1, -0.05) is 19.1 Å². The first-order valence-electron chi connectivity index (χ1n) is 7.52. The predicted octanol–water partition coefficient (Wildman–Crippen LogP) is 3.40. The van der Waals surface area contributed by atoms with Gasteiger partial charge in [0.2, 0.25) is 0 Å². The van der Waals surface area contributed by atoms with Crippen molar-refractivity contribution in [3.8, 4) is 5.75 Å². The molecular weight excluding hydrogens is 268 g/mol. The van der Waals surface area contributed by atoms with Crippen LogP contribution in [-0.2, 0) is 4.79 Å². The van der Waals surface area contributed by atoms with E-state index in [4.69, 9.17) is 4.74 Å². The zero-order chi connectivity index (χ0) is 15.5. The lowest BCUT2D eigenvalue weighted by Crippen LogP contribution is -2.36. The van der Waals surface area contributed by atoms with Gasteiger partial charge in [0, 0.05) is 0 Å². The highest BCUT2D eigenvalue weighted by atomic mass is 16.5. The van der Waals surface area contributed by atoms with E-state index in [-0.39, 0.29) is 6.42 Å². The molecule has 0 bridgehead atoms. The molecule has 0 amide bonds. The Morgan fingerprint density at radius 1 is 1.43 bits per heavy atom. The van der Waals surface area contributed by atoms with Crippen LogP contribution in [0.1, 0.15) is 50.7 Å². The highest BCUT2D eigenvalue weighted by molar-refractivity contribution is 5.74. The van der Waals surface area contributed by atoms with Crippen molar-refractivity contribution < 1.29 is 19.7 Å². The van der Waals surface area contributed by atoms with Crippen molar-refractivity contribution in [3.05, 3.63) is 29.8 Å². The Balaban J connectivity index is 2.14. The van der Waals surface area contributed by atoms with Crippen LogP contribution in [0.15, 0.2) is 24.3 Å². The zero-order valence-electron chi connectivity index (χ0n) is 12.7. The van der Waals surface area contributed by atoms with Gasteiger partial charge in [0.25, 0.3) is 0 Å². The molecule has 0 saturated heterocycles. The highest BCUT2D eigenvalue weighted by Crippen LogP contribution is 2.45. The van der Waals surface area contributed by atoms with Gasteiger partial charge in [0.15, 0.2) is 0 Å². The van der Waals surface area contributed by atoms with E-state index >= 15 is 0 Å². The summed E-state index contributed by atoms with van der Waals surface area (Å²) < 4.78 is 5.15. The molecule has 0 heterocycles. The number of methoxy groups -OCH3 is 1. The number of aliphatic hydroxyl groups excluding tert-OH is 1. The largest absolute Gasteiger partial charge is 0.497 e. The Bertz CT molecular complexity index is 489. The van der Waals surface area contributed by atoms with Crippen LogP contribution in [0.5, 0.6) is 5.75 Å². The first-order valence-corrected chi connectivity index (χ1v) is 7.52. The maximum Gasteiger partial charge on any atom is 0.309 e. The standard InChI is InChI=1S/C17H24O4/c1-12-6-8-17(9-7-12,16(19)20)11-15(18)13-4-3-5-14(10-13)21-2/h3-5,10,12,15,18H,6-9,11H2,1-2H3,(H,19,20). The van der Waals surface area contributed by atoms with Gasteiger partial charge in [0.05, 0.1) is 18.6 Å². The van der Waals surface area contributed by atoms with Gasteiger partial charge >= 0.3 is 5.97 Å². The van der Waals surface area contributed by atoms with E-state index in [1.165, 1.54) is 0 Å². The molecule has 0 radical (unpaired) electrons. The summed E-state index contributed by atoms with van der Waals surface area (Å²) in [6.07, 6.45) is 2.61. The lowest BCUT2D eigenvalue weighted by atomic mass is 9.67. The van der Waals surface area contributed by atoms with Crippen molar-refractivity contribution in [1.29, 1.82) is 0 Å². The minimum absolute atomic E-state index is 0.266. The third-order valence-electron chi connectivity index (χ3n) is 4.75. The number of hydrogen-bond acceptors (Lipinski definition) is 3. The summed E-state index contributed by atoms with van der Waals surface area (Å²) in [6, 6.07) is 7.21. The van der Waals surface area contributed by atoms with Gasteiger partial charge in [-0.05, 0) is 55.7 Å². The minimum Gasteiger partial charge on any atom is -0.497 e. The van der Waals surface area contributed by atoms with Crippen molar-refractivity contribution in [3.63, 3.8) is 0 Å². The molecule has 1 atom stereocenters. The molecule has 0 spiro atoms. The number of carboxylic acids is 1. The van der Waals surface area contributed by atoms with Crippen LogP contribution >= 0.6 is 0 Å². The molecule has 2 N–H and O–H groups in total. The van der Waals surface area contributed by atoms with Gasteiger partial charge in [-0.25, -0.2) is 0 Å². The Morgan fingerprint density at radius 3 is 2.67 bits per heavy atom. The normalized spacial score (nSPS) is 27.1. The van der Waals surface area contributed by atoms with Crippen LogP contribution in [0.4, 0.5) is 0 Å². The molecule has 1 aromatic rings. The lowest BCUT2D eigenvalue weighted by Gasteiger charge is -2.37. The number of hydrogen-bond donors (Lipinski definition) is 2. The Hall–Kier alpha value is -1.55. The second kappa shape index (κ2) is 6.48. The highest BCUT2D eigenvalue weighted by Gasteiger charge is 2.42. The molecule has 116 valence electrons. The van der Waals surface area contributed by atoms with Crippen molar-refractivity contribution in [1.82, 2.24) is 0 Å². The summed E-state index contributed by atoms with van der Waals surface area (Å²) in [5, 5.41) is 20.1. The minimum atomic E-state index is -0.797. The molecule has 1 aliphatic carbocycles. The second-order valence-corrected chi connectivity index (χ2v) is 6.26. The number of carboxylic acid groups (broad SMARTS) is 1. The predicted molar refractivity (Wildman–Crippen MR) is 80.3 cm³/mol. The number of carbonyl (C=O) groups is 1. The molecule has 4 heteroatoms. The van der Waals surface area contributed by atoms with Gasteiger partial charge < -0.3 is 14.9 Å². The maximum absolute atomic E-state index is 11.7. The molecular formula is C17H24O4. The number of rotatable bonds is 5. The molecule has 1 aliphatic rings. The van der Waals surface area contributed by atoms with Crippen molar-refractivity contribution >= 4 is 5.97 Å². The summed E-state index contributed by atoms with van der Waals surface area (Å²) in [5.74, 6) is 0.468. The SMILES string of the molecule is COc1cccc(C(O)CC2(C(=O)O)CCC(C)CC2)c1. The van der Waals surface area contributed by atoms with Gasteiger partial charge in [-0.2, -0.15) is 0 Å². The lowest BCUT2D eigenvalue weighted by molar-refractivity contribution is -0.154. The van der Waals surface area contributed by atoms with E-state index in [9.17, 15) is 15.0 Å². The Labute approximate surface area is 125 Å². The fourth-order valence-corrected chi connectivity index (χ4v) is 3.16. The average molecular weight is 292 g/mol. The van der Waals surface area contributed by atoms with E-state index in [0.29, 0.717) is 30.1 Å². The van der Waals surface area contributed by atoms with E-state index in [0.717, 1.165) is 12.8 Å². The van der Waals surface area contributed by atoms with Crippen LogP contribution in [-0.4, -0.2) is 23.3 Å². The van der Waals surface area contributed by atoms with Crippen LogP contribution < -0.4 is 4.74 Å². The number of aliphatic carboxylic acids is 1. The first kappa shape index (κ1) is 15.8. The Morgan fingerprint density at radius 2 is 2.10 bits per heavy atom. The molecule has 2 rings (SSSR count). The second-order valence-electron chi connectivity index (χ2n) is 6.26. The van der Waals surface area contributed by atoms with Crippen LogP contribution in [0.2, 0.25) is 0 Å². The summed E-state index contributed by atoms with van der Waals surface area (Å²) in [5.41, 5.74) is -0.0803. The molecule has 1 fully saturated rings. The van der Waals surface area contributed by atoms with Crippen LogP contribution in [0.25, 0.3) is 0 Å². The van der Waals surface area contributed by atoms with Crippen LogP contribution in [0, 0.1) is 11.3 Å². The maximum atomic E-state index is 11.7. The van der Waals surface area contributed by atoms with Gasteiger partial charge in [0.1, 0.15) is 5.75 Å². The molecule has 1 saturated carbocycles. The number of benzene rings is 1. The number of aliphatic hydroxyl groups is 1. The van der Waals surface area contributed by atoms with E-state index in [1.54, 1.807) is 13.2 Å². The molecule has 21 heavy (non-hydrogen) atoms. The van der Waals surface area contributed by atoms with Gasteiger partial charge in [-0.3, -0.25) is 4.79 Å². The summed E-state index contributed by atoms with van der Waals surface area (Å²) >= 11 is 0. The quantitative estimate of drug-likeness (QED) is 0.873. The molecule has 4 nitrogen and oxygen atoms in total. The van der Waals surface area contributed by atoms with Crippen molar-refractivity contribution in [2.45, 2.75) is 45.1 Å².